The van der Waals surface area contributed by atoms with Crippen molar-refractivity contribution in [2.75, 3.05) is 5.32 Å². The highest BCUT2D eigenvalue weighted by atomic mass is 32.1. The van der Waals surface area contributed by atoms with Crippen molar-refractivity contribution in [2.24, 2.45) is 7.05 Å². The van der Waals surface area contributed by atoms with Crippen LogP contribution in [0.1, 0.15) is 5.56 Å². The van der Waals surface area contributed by atoms with E-state index in [0.717, 1.165) is 23.8 Å². The zero-order chi connectivity index (χ0) is 13.1. The van der Waals surface area contributed by atoms with Gasteiger partial charge in [-0.15, -0.1) is 10.2 Å². The molecule has 3 rings (SSSR count). The fourth-order valence-electron chi connectivity index (χ4n) is 1.76. The number of nitrogens with zero attached hydrogens (tertiary/aromatic N) is 4. The van der Waals surface area contributed by atoms with E-state index in [-0.39, 0.29) is 0 Å². The summed E-state index contributed by atoms with van der Waals surface area (Å²) in [6, 6.07) is 6.05. The van der Waals surface area contributed by atoms with Crippen LogP contribution in [-0.2, 0) is 13.6 Å². The average molecular weight is 271 g/mol. The van der Waals surface area contributed by atoms with E-state index >= 15 is 0 Å². The molecule has 0 saturated carbocycles. The van der Waals surface area contributed by atoms with Gasteiger partial charge in [0.05, 0.1) is 0 Å². The van der Waals surface area contributed by atoms with Gasteiger partial charge in [-0.1, -0.05) is 0 Å². The summed E-state index contributed by atoms with van der Waals surface area (Å²) in [6.45, 7) is 0.791. The fourth-order valence-corrected chi connectivity index (χ4v) is 2.43. The summed E-state index contributed by atoms with van der Waals surface area (Å²) in [5, 5.41) is 15.4. The normalized spacial score (nSPS) is 10.6. The predicted octanol–water partition coefficient (Wildman–Crippen LogP) is 2.55. The number of aromatic nitrogens is 4. The average Bonchev–Trinajstić information content (AvgIpc) is 3.08. The summed E-state index contributed by atoms with van der Waals surface area (Å²) >= 11 is 1.70. The lowest BCUT2D eigenvalue weighted by molar-refractivity contribution is 0.918. The molecule has 0 aliphatic rings. The van der Waals surface area contributed by atoms with Crippen molar-refractivity contribution in [3.8, 4) is 11.4 Å². The van der Waals surface area contributed by atoms with Crippen molar-refractivity contribution in [2.45, 2.75) is 6.54 Å². The second kappa shape index (κ2) is 5.19. The molecule has 0 unspecified atom stereocenters. The van der Waals surface area contributed by atoms with Crippen LogP contribution in [0.15, 0.2) is 41.5 Å². The number of rotatable bonds is 4. The van der Waals surface area contributed by atoms with Crippen molar-refractivity contribution < 1.29 is 0 Å². The smallest absolute Gasteiger partial charge is 0.165 e. The van der Waals surface area contributed by atoms with Crippen molar-refractivity contribution in [3.05, 3.63) is 47.0 Å². The third-order valence-electron chi connectivity index (χ3n) is 2.79. The zero-order valence-electron chi connectivity index (χ0n) is 10.4. The molecule has 96 valence electrons. The van der Waals surface area contributed by atoms with Gasteiger partial charge < -0.3 is 9.88 Å². The molecule has 6 heteroatoms. The summed E-state index contributed by atoms with van der Waals surface area (Å²) in [5.41, 5.74) is 2.23. The summed E-state index contributed by atoms with van der Waals surface area (Å²) < 4.78 is 1.87. The van der Waals surface area contributed by atoms with E-state index in [2.05, 4.69) is 37.3 Å². The maximum absolute atomic E-state index is 4.39. The zero-order valence-corrected chi connectivity index (χ0v) is 11.3. The molecule has 0 bridgehead atoms. The highest BCUT2D eigenvalue weighted by Crippen LogP contribution is 2.16. The molecular weight excluding hydrogens is 258 g/mol. The SMILES string of the molecule is Cn1cnnc1-c1ccc(NCc2ccsc2)nc1. The Labute approximate surface area is 115 Å². The minimum atomic E-state index is 0.791. The quantitative estimate of drug-likeness (QED) is 0.792. The van der Waals surface area contributed by atoms with Gasteiger partial charge in [0.15, 0.2) is 5.82 Å². The Balaban J connectivity index is 1.71. The molecule has 19 heavy (non-hydrogen) atoms. The summed E-state index contributed by atoms with van der Waals surface area (Å²) in [7, 11) is 1.91. The highest BCUT2D eigenvalue weighted by molar-refractivity contribution is 7.07. The van der Waals surface area contributed by atoms with Crippen molar-refractivity contribution >= 4 is 17.2 Å². The van der Waals surface area contributed by atoms with E-state index in [0.29, 0.717) is 0 Å². The molecule has 0 fully saturated rings. The Hall–Kier alpha value is -2.21. The van der Waals surface area contributed by atoms with Crippen LogP contribution in [-0.4, -0.2) is 19.7 Å². The minimum Gasteiger partial charge on any atom is -0.366 e. The second-order valence-corrected chi connectivity index (χ2v) is 4.96. The first-order valence-electron chi connectivity index (χ1n) is 5.88. The van der Waals surface area contributed by atoms with Crippen LogP contribution in [0.5, 0.6) is 0 Å². The first-order chi connectivity index (χ1) is 9.33. The first kappa shape index (κ1) is 11.9. The Bertz CT molecular complexity index is 642. The summed E-state index contributed by atoms with van der Waals surface area (Å²) in [5.74, 6) is 1.68. The van der Waals surface area contributed by atoms with Gasteiger partial charge in [0.2, 0.25) is 0 Å². The summed E-state index contributed by atoms with van der Waals surface area (Å²) in [6.07, 6.45) is 3.48. The first-order valence-corrected chi connectivity index (χ1v) is 6.82. The molecule has 3 aromatic heterocycles. The van der Waals surface area contributed by atoms with E-state index in [1.807, 2.05) is 23.7 Å². The van der Waals surface area contributed by atoms with Crippen LogP contribution in [0.3, 0.4) is 0 Å². The number of nitrogens with one attached hydrogen (secondary N) is 1. The number of aryl methyl sites for hydroxylation is 1. The molecule has 5 nitrogen and oxygen atoms in total. The van der Waals surface area contributed by atoms with Gasteiger partial charge in [-0.05, 0) is 34.5 Å². The maximum Gasteiger partial charge on any atom is 0.165 e. The Morgan fingerprint density at radius 1 is 1.32 bits per heavy atom. The Morgan fingerprint density at radius 2 is 2.26 bits per heavy atom. The maximum atomic E-state index is 4.39. The van der Waals surface area contributed by atoms with Crippen LogP contribution >= 0.6 is 11.3 Å². The van der Waals surface area contributed by atoms with Gasteiger partial charge >= 0.3 is 0 Å². The van der Waals surface area contributed by atoms with Gasteiger partial charge in [-0.3, -0.25) is 0 Å². The molecule has 0 amide bonds. The Kier molecular flexibility index (Phi) is 3.24. The number of hydrogen-bond acceptors (Lipinski definition) is 5. The van der Waals surface area contributed by atoms with Gasteiger partial charge in [0.25, 0.3) is 0 Å². The summed E-state index contributed by atoms with van der Waals surface area (Å²) in [4.78, 5) is 4.39. The second-order valence-electron chi connectivity index (χ2n) is 4.18. The Morgan fingerprint density at radius 3 is 2.89 bits per heavy atom. The monoisotopic (exact) mass is 271 g/mol. The highest BCUT2D eigenvalue weighted by Gasteiger charge is 2.04. The predicted molar refractivity (Wildman–Crippen MR) is 75.9 cm³/mol. The van der Waals surface area contributed by atoms with Gasteiger partial charge in [0.1, 0.15) is 12.1 Å². The van der Waals surface area contributed by atoms with Gasteiger partial charge in [-0.25, -0.2) is 4.98 Å². The van der Waals surface area contributed by atoms with Crippen LogP contribution in [0.2, 0.25) is 0 Å². The number of pyridine rings is 1. The van der Waals surface area contributed by atoms with Crippen LogP contribution in [0, 0.1) is 0 Å². The van der Waals surface area contributed by atoms with Crippen LogP contribution in [0.4, 0.5) is 5.82 Å². The van der Waals surface area contributed by atoms with E-state index < -0.39 is 0 Å². The van der Waals surface area contributed by atoms with Gasteiger partial charge in [-0.2, -0.15) is 11.3 Å². The third-order valence-corrected chi connectivity index (χ3v) is 3.52. The van der Waals surface area contributed by atoms with E-state index in [1.54, 1.807) is 23.9 Å². The molecule has 0 aliphatic carbocycles. The van der Waals surface area contributed by atoms with Crippen molar-refractivity contribution in [1.82, 2.24) is 19.7 Å². The van der Waals surface area contributed by atoms with Crippen LogP contribution in [0.25, 0.3) is 11.4 Å². The number of thiophene rings is 1. The third kappa shape index (κ3) is 2.63. The van der Waals surface area contributed by atoms with Crippen molar-refractivity contribution in [3.63, 3.8) is 0 Å². The molecule has 0 spiro atoms. The molecule has 0 radical (unpaired) electrons. The number of anilines is 1. The molecular formula is C13H13N5S. The van der Waals surface area contributed by atoms with E-state index in [1.165, 1.54) is 5.56 Å². The largest absolute Gasteiger partial charge is 0.366 e. The van der Waals surface area contributed by atoms with E-state index in [9.17, 15) is 0 Å². The molecule has 3 aromatic rings. The molecule has 1 N–H and O–H groups in total. The molecule has 3 heterocycles. The van der Waals surface area contributed by atoms with Crippen LogP contribution < -0.4 is 5.32 Å². The van der Waals surface area contributed by atoms with E-state index in [4.69, 9.17) is 0 Å². The number of hydrogen-bond donors (Lipinski definition) is 1. The topological polar surface area (TPSA) is 55.6 Å². The van der Waals surface area contributed by atoms with Crippen molar-refractivity contribution in [1.29, 1.82) is 0 Å². The molecule has 0 aliphatic heterocycles. The van der Waals surface area contributed by atoms with Gasteiger partial charge in [0, 0.05) is 25.4 Å². The lowest BCUT2D eigenvalue weighted by Gasteiger charge is -2.05. The molecule has 0 saturated heterocycles. The standard InChI is InChI=1S/C13H13N5S/c1-18-9-16-17-13(18)11-2-3-12(15-7-11)14-6-10-4-5-19-8-10/h2-5,7-9H,6H2,1H3,(H,14,15). The molecule has 0 aromatic carbocycles. The lowest BCUT2D eigenvalue weighted by atomic mass is 10.2. The lowest BCUT2D eigenvalue weighted by Crippen LogP contribution is -2.00. The minimum absolute atomic E-state index is 0.791. The molecule has 0 atom stereocenters. The fraction of sp³-hybridized carbons (Fsp3) is 0.154.